The molecule has 3 aromatic carbocycles. The minimum absolute atomic E-state index is 0.00320. The van der Waals surface area contributed by atoms with Gasteiger partial charge in [-0.3, -0.25) is 4.79 Å². The largest absolute Gasteiger partial charge is 0.497 e. The molecule has 35 heavy (non-hydrogen) atoms. The number of hydrogen-bond acceptors (Lipinski definition) is 4. The van der Waals surface area contributed by atoms with Gasteiger partial charge in [0.15, 0.2) is 0 Å². The van der Waals surface area contributed by atoms with E-state index in [-0.39, 0.29) is 17.9 Å². The Kier molecular flexibility index (Phi) is 5.70. The third-order valence-corrected chi connectivity index (χ3v) is 6.83. The lowest BCUT2D eigenvalue weighted by Crippen LogP contribution is -2.50. The first kappa shape index (κ1) is 22.9. The number of ether oxygens (including phenoxy) is 2. The molecule has 0 radical (unpaired) electrons. The summed E-state index contributed by atoms with van der Waals surface area (Å²) in [5.41, 5.74) is 0.130. The molecule has 9 heteroatoms. The van der Waals surface area contributed by atoms with Gasteiger partial charge in [-0.05, 0) is 47.4 Å². The summed E-state index contributed by atoms with van der Waals surface area (Å²) in [5, 5.41) is 10.2. The summed E-state index contributed by atoms with van der Waals surface area (Å²) in [6.07, 6.45) is 1.48. The standard InChI is InChI=1S/C26H25F2N3O4/c1-34-17-6-4-14-9-16(5-3-15(14)10-17)26(7-8-26)31-25(33)30-23-19(13-29-24(23)32)22-20(27)11-18(35-2)12-21(22)28/h3-6,9-12,19,23H,7-8,13H2,1-2H3,(H,29,32)(H2,30,31,33)/t19-,23-/m0/s1. The molecule has 3 N–H and O–H groups in total. The van der Waals surface area contributed by atoms with Gasteiger partial charge in [0.1, 0.15) is 29.2 Å². The van der Waals surface area contributed by atoms with Crippen molar-refractivity contribution in [1.29, 1.82) is 0 Å². The van der Waals surface area contributed by atoms with E-state index in [4.69, 9.17) is 9.47 Å². The quantitative estimate of drug-likeness (QED) is 0.501. The van der Waals surface area contributed by atoms with Gasteiger partial charge >= 0.3 is 6.03 Å². The summed E-state index contributed by atoms with van der Waals surface area (Å²) in [5.74, 6) is -2.26. The smallest absolute Gasteiger partial charge is 0.316 e. The van der Waals surface area contributed by atoms with Crippen LogP contribution in [0.3, 0.4) is 0 Å². The van der Waals surface area contributed by atoms with Crippen LogP contribution in [0.25, 0.3) is 10.8 Å². The first-order chi connectivity index (χ1) is 16.8. The number of fused-ring (bicyclic) bond motifs is 1. The van der Waals surface area contributed by atoms with Gasteiger partial charge in [0.25, 0.3) is 0 Å². The molecule has 1 aliphatic heterocycles. The van der Waals surface area contributed by atoms with E-state index in [1.165, 1.54) is 7.11 Å². The highest BCUT2D eigenvalue weighted by Gasteiger charge is 2.47. The maximum Gasteiger partial charge on any atom is 0.316 e. The number of methoxy groups -OCH3 is 2. The minimum atomic E-state index is -1.12. The predicted octanol–water partition coefficient (Wildman–Crippen LogP) is 3.71. The van der Waals surface area contributed by atoms with Gasteiger partial charge in [0.2, 0.25) is 5.91 Å². The maximum atomic E-state index is 14.7. The zero-order valence-corrected chi connectivity index (χ0v) is 19.3. The summed E-state index contributed by atoms with van der Waals surface area (Å²) in [4.78, 5) is 25.4. The Morgan fingerprint density at radius 2 is 1.63 bits per heavy atom. The van der Waals surface area contributed by atoms with Crippen molar-refractivity contribution in [3.05, 3.63) is 71.3 Å². The lowest BCUT2D eigenvalue weighted by Gasteiger charge is -2.23. The number of nitrogens with one attached hydrogen (secondary N) is 3. The molecule has 2 fully saturated rings. The number of amides is 3. The van der Waals surface area contributed by atoms with Gasteiger partial charge < -0.3 is 25.4 Å². The number of benzene rings is 3. The zero-order valence-electron chi connectivity index (χ0n) is 19.3. The van der Waals surface area contributed by atoms with Crippen molar-refractivity contribution in [2.75, 3.05) is 20.8 Å². The Bertz CT molecular complexity index is 1300. The van der Waals surface area contributed by atoms with Crippen LogP contribution in [0.1, 0.15) is 29.9 Å². The van der Waals surface area contributed by atoms with E-state index in [9.17, 15) is 18.4 Å². The second-order valence-corrected chi connectivity index (χ2v) is 8.94. The first-order valence-electron chi connectivity index (χ1n) is 11.3. The molecule has 1 aliphatic carbocycles. The summed E-state index contributed by atoms with van der Waals surface area (Å²) < 4.78 is 39.5. The summed E-state index contributed by atoms with van der Waals surface area (Å²) in [6, 6.07) is 12.2. The van der Waals surface area contributed by atoms with Gasteiger partial charge in [0.05, 0.1) is 19.8 Å². The monoisotopic (exact) mass is 481 g/mol. The Morgan fingerprint density at radius 3 is 2.29 bits per heavy atom. The molecular formula is C26H25F2N3O4. The topological polar surface area (TPSA) is 88.7 Å². The summed E-state index contributed by atoms with van der Waals surface area (Å²) in [7, 11) is 2.92. The van der Waals surface area contributed by atoms with Crippen molar-refractivity contribution in [1.82, 2.24) is 16.0 Å². The number of urea groups is 1. The van der Waals surface area contributed by atoms with Gasteiger partial charge in [0, 0.05) is 30.2 Å². The number of hydrogen-bond donors (Lipinski definition) is 3. The molecule has 2 aliphatic rings. The van der Waals surface area contributed by atoms with Crippen LogP contribution in [-0.2, 0) is 10.3 Å². The second kappa shape index (κ2) is 8.72. The van der Waals surface area contributed by atoms with Crippen LogP contribution in [0.4, 0.5) is 13.6 Å². The Balaban J connectivity index is 1.34. The van der Waals surface area contributed by atoms with Crippen LogP contribution >= 0.6 is 0 Å². The molecule has 1 heterocycles. The van der Waals surface area contributed by atoms with Gasteiger partial charge in [-0.1, -0.05) is 18.2 Å². The van der Waals surface area contributed by atoms with Crippen LogP contribution in [0.5, 0.6) is 11.5 Å². The maximum absolute atomic E-state index is 14.7. The molecule has 0 aromatic heterocycles. The number of carbonyl (C=O) groups excluding carboxylic acids is 2. The van der Waals surface area contributed by atoms with Crippen LogP contribution in [0, 0.1) is 11.6 Å². The highest BCUT2D eigenvalue weighted by Crippen LogP contribution is 2.46. The number of rotatable bonds is 6. The molecule has 0 unspecified atom stereocenters. The molecule has 3 aromatic rings. The molecule has 0 spiro atoms. The molecule has 1 saturated carbocycles. The zero-order chi connectivity index (χ0) is 24.7. The summed E-state index contributed by atoms with van der Waals surface area (Å²) in [6.45, 7) is 0.00320. The van der Waals surface area contributed by atoms with E-state index in [2.05, 4.69) is 16.0 Å². The predicted molar refractivity (Wildman–Crippen MR) is 126 cm³/mol. The number of halogens is 2. The molecule has 182 valence electrons. The minimum Gasteiger partial charge on any atom is -0.497 e. The number of carbonyl (C=O) groups is 2. The molecule has 2 atom stereocenters. The van der Waals surface area contributed by atoms with Crippen molar-refractivity contribution >= 4 is 22.7 Å². The van der Waals surface area contributed by atoms with Crippen molar-refractivity contribution in [3.8, 4) is 11.5 Å². The molecule has 3 amide bonds. The third kappa shape index (κ3) is 4.22. The second-order valence-electron chi connectivity index (χ2n) is 8.94. The first-order valence-corrected chi connectivity index (χ1v) is 11.3. The Labute approximate surface area is 200 Å². The van der Waals surface area contributed by atoms with Crippen LogP contribution < -0.4 is 25.4 Å². The van der Waals surface area contributed by atoms with E-state index in [1.54, 1.807) is 7.11 Å². The summed E-state index contributed by atoms with van der Waals surface area (Å²) >= 11 is 0. The van der Waals surface area contributed by atoms with Crippen molar-refractivity contribution in [2.24, 2.45) is 0 Å². The molecule has 5 rings (SSSR count). The van der Waals surface area contributed by atoms with Crippen LogP contribution in [0.15, 0.2) is 48.5 Å². The Morgan fingerprint density at radius 1 is 0.971 bits per heavy atom. The molecule has 1 saturated heterocycles. The molecule has 0 bridgehead atoms. The highest BCUT2D eigenvalue weighted by atomic mass is 19.1. The third-order valence-electron chi connectivity index (χ3n) is 6.83. The fourth-order valence-electron chi connectivity index (χ4n) is 4.74. The van der Waals surface area contributed by atoms with Crippen LogP contribution in [0.2, 0.25) is 0 Å². The average molecular weight is 481 g/mol. The van der Waals surface area contributed by atoms with Crippen molar-refractivity contribution in [3.63, 3.8) is 0 Å². The lowest BCUT2D eigenvalue weighted by molar-refractivity contribution is -0.120. The van der Waals surface area contributed by atoms with E-state index >= 15 is 0 Å². The SMILES string of the molecule is COc1cc(F)c([C@@H]2CNC(=O)[C@H]2NC(=O)NC2(c3ccc4cc(OC)ccc4c3)CC2)c(F)c1. The van der Waals surface area contributed by atoms with Crippen molar-refractivity contribution in [2.45, 2.75) is 30.3 Å². The fourth-order valence-corrected chi connectivity index (χ4v) is 4.74. The normalized spacial score (nSPS) is 20.3. The molecular weight excluding hydrogens is 456 g/mol. The van der Waals surface area contributed by atoms with E-state index in [1.807, 2.05) is 36.4 Å². The Hall–Kier alpha value is -3.88. The highest BCUT2D eigenvalue weighted by molar-refractivity contribution is 5.90. The van der Waals surface area contributed by atoms with Gasteiger partial charge in [-0.15, -0.1) is 0 Å². The lowest BCUT2D eigenvalue weighted by atomic mass is 9.92. The van der Waals surface area contributed by atoms with E-state index < -0.39 is 41.1 Å². The fraction of sp³-hybridized carbons (Fsp3) is 0.308. The van der Waals surface area contributed by atoms with E-state index in [0.717, 1.165) is 47.1 Å². The van der Waals surface area contributed by atoms with Gasteiger partial charge in [-0.2, -0.15) is 0 Å². The van der Waals surface area contributed by atoms with Gasteiger partial charge in [-0.25, -0.2) is 13.6 Å². The molecule has 7 nitrogen and oxygen atoms in total. The van der Waals surface area contributed by atoms with Crippen LogP contribution in [-0.4, -0.2) is 38.7 Å². The van der Waals surface area contributed by atoms with Crippen molar-refractivity contribution < 1.29 is 27.8 Å². The van der Waals surface area contributed by atoms with E-state index in [0.29, 0.717) is 0 Å². The average Bonchev–Trinajstić information content (AvgIpc) is 3.55.